The zero-order chi connectivity index (χ0) is 20.9. The molecule has 6 nitrogen and oxygen atoms in total. The van der Waals surface area contributed by atoms with E-state index in [9.17, 15) is 0 Å². The second kappa shape index (κ2) is 13.3. The van der Waals surface area contributed by atoms with Crippen molar-refractivity contribution in [3.05, 3.63) is 29.7 Å². The third-order valence-electron chi connectivity index (χ3n) is 4.20. The van der Waals surface area contributed by atoms with Gasteiger partial charge in [0.2, 0.25) is 11.5 Å². The maximum atomic E-state index is 6.08. The lowest BCUT2D eigenvalue weighted by Gasteiger charge is -2.23. The molecule has 0 fully saturated rings. The summed E-state index contributed by atoms with van der Waals surface area (Å²) in [6, 6.07) is 0. The normalized spacial score (nSPS) is 11.5. The quantitative estimate of drug-likeness (QED) is 0.444. The van der Waals surface area contributed by atoms with Crippen LogP contribution in [0.1, 0.15) is 30.9 Å². The molecule has 0 aliphatic carbocycles. The molecule has 28 heavy (non-hydrogen) atoms. The fourth-order valence-corrected chi connectivity index (χ4v) is 2.78. The van der Waals surface area contributed by atoms with Gasteiger partial charge in [0.05, 0.1) is 27.4 Å². The van der Waals surface area contributed by atoms with Crippen LogP contribution in [0.25, 0.3) is 0 Å². The van der Waals surface area contributed by atoms with E-state index in [-0.39, 0.29) is 0 Å². The minimum atomic E-state index is 0.499. The van der Waals surface area contributed by atoms with Crippen molar-refractivity contribution >= 4 is 0 Å². The van der Waals surface area contributed by atoms with Gasteiger partial charge in [-0.15, -0.1) is 0 Å². The minimum Gasteiger partial charge on any atom is -0.490 e. The van der Waals surface area contributed by atoms with Crippen LogP contribution in [0.2, 0.25) is 0 Å². The molecule has 0 saturated heterocycles. The van der Waals surface area contributed by atoms with Crippen LogP contribution in [0.3, 0.4) is 0 Å². The first kappa shape index (κ1) is 24.1. The van der Waals surface area contributed by atoms with Gasteiger partial charge in [0.15, 0.2) is 11.5 Å². The molecule has 1 aromatic carbocycles. The molecule has 0 bridgehead atoms. The molecule has 0 aliphatic heterocycles. The molecule has 0 heterocycles. The first-order valence-electron chi connectivity index (χ1n) is 9.44. The third-order valence-corrected chi connectivity index (χ3v) is 4.20. The van der Waals surface area contributed by atoms with Crippen LogP contribution < -0.4 is 18.9 Å². The van der Waals surface area contributed by atoms with E-state index in [1.807, 2.05) is 19.9 Å². The largest absolute Gasteiger partial charge is 0.490 e. The molecule has 0 saturated carbocycles. The van der Waals surface area contributed by atoms with Gasteiger partial charge in [-0.3, -0.25) is 0 Å². The second-order valence-corrected chi connectivity index (χ2v) is 6.37. The first-order valence-corrected chi connectivity index (χ1v) is 9.44. The molecule has 158 valence electrons. The van der Waals surface area contributed by atoms with Crippen molar-refractivity contribution in [1.82, 2.24) is 0 Å². The molecule has 0 atom stereocenters. The number of methoxy groups -OCH3 is 4. The summed E-state index contributed by atoms with van der Waals surface area (Å²) in [4.78, 5) is 0. The Balaban J connectivity index is 3.36. The third kappa shape index (κ3) is 6.91. The molecular formula is C22H34O6. The lowest BCUT2D eigenvalue weighted by atomic mass is 10.00. The van der Waals surface area contributed by atoms with E-state index in [0.29, 0.717) is 55.8 Å². The summed E-state index contributed by atoms with van der Waals surface area (Å²) in [7, 11) is 6.53. The number of rotatable bonds is 14. The van der Waals surface area contributed by atoms with Crippen molar-refractivity contribution in [3.8, 4) is 23.0 Å². The Labute approximate surface area is 169 Å². The average Bonchev–Trinajstić information content (AvgIpc) is 2.68. The van der Waals surface area contributed by atoms with E-state index < -0.39 is 0 Å². The minimum absolute atomic E-state index is 0.499. The Bertz CT molecular complexity index is 620. The predicted molar refractivity (Wildman–Crippen MR) is 110 cm³/mol. The Morgan fingerprint density at radius 2 is 1.29 bits per heavy atom. The predicted octanol–water partition coefficient (Wildman–Crippen LogP) is 4.04. The fraction of sp³-hybridized carbons (Fsp3) is 0.591. The molecule has 0 amide bonds. The molecule has 6 heteroatoms. The molecule has 0 spiro atoms. The summed E-state index contributed by atoms with van der Waals surface area (Å²) in [5.74, 6) is 2.34. The highest BCUT2D eigenvalue weighted by atomic mass is 16.5. The van der Waals surface area contributed by atoms with Crippen molar-refractivity contribution < 1.29 is 28.4 Å². The Morgan fingerprint density at radius 1 is 0.786 bits per heavy atom. The molecule has 0 aliphatic rings. The molecule has 0 unspecified atom stereocenters. The number of benzene rings is 1. The van der Waals surface area contributed by atoms with Crippen molar-refractivity contribution in [2.45, 2.75) is 33.1 Å². The van der Waals surface area contributed by atoms with Crippen LogP contribution >= 0.6 is 0 Å². The van der Waals surface area contributed by atoms with E-state index in [1.165, 1.54) is 0 Å². The van der Waals surface area contributed by atoms with Gasteiger partial charge in [0.25, 0.3) is 0 Å². The second-order valence-electron chi connectivity index (χ2n) is 6.37. The van der Waals surface area contributed by atoms with Gasteiger partial charge in [-0.1, -0.05) is 11.6 Å². The molecule has 0 aromatic heterocycles. The first-order chi connectivity index (χ1) is 13.5. The summed E-state index contributed by atoms with van der Waals surface area (Å²) in [5.41, 5.74) is 2.64. The van der Waals surface area contributed by atoms with Gasteiger partial charge < -0.3 is 28.4 Å². The standard InChI is InChI=1S/C22H34O6/c1-16(2)10-11-18-17(3)19(27-14-8-12-23-4)21(25-6)22(26-7)20(18)28-15-9-13-24-5/h1,10H,8-9,11-15H2,2-7H3/b16-10-. The van der Waals surface area contributed by atoms with Gasteiger partial charge >= 0.3 is 0 Å². The van der Waals surface area contributed by atoms with Gasteiger partial charge in [0, 0.05) is 51.4 Å². The lowest BCUT2D eigenvalue weighted by molar-refractivity contribution is 0.167. The summed E-state index contributed by atoms with van der Waals surface area (Å²) in [5, 5.41) is 0. The molecule has 0 N–H and O–H groups in total. The van der Waals surface area contributed by atoms with Crippen LogP contribution in [0, 0.1) is 13.8 Å². The van der Waals surface area contributed by atoms with E-state index in [1.54, 1.807) is 28.4 Å². The monoisotopic (exact) mass is 394 g/mol. The van der Waals surface area contributed by atoms with Crippen molar-refractivity contribution in [2.75, 3.05) is 54.9 Å². The average molecular weight is 395 g/mol. The van der Waals surface area contributed by atoms with Gasteiger partial charge in [-0.05, 0) is 27.2 Å². The maximum absolute atomic E-state index is 6.08. The Morgan fingerprint density at radius 3 is 1.75 bits per heavy atom. The summed E-state index contributed by atoms with van der Waals surface area (Å²) < 4.78 is 33.6. The van der Waals surface area contributed by atoms with E-state index >= 15 is 0 Å². The van der Waals surface area contributed by atoms with E-state index in [0.717, 1.165) is 29.5 Å². The smallest absolute Gasteiger partial charge is 0.207 e. The number of allylic oxidation sites excluding steroid dienone is 2. The van der Waals surface area contributed by atoms with Crippen LogP contribution in [-0.4, -0.2) is 54.9 Å². The summed E-state index contributed by atoms with van der Waals surface area (Å²) >= 11 is 0. The molecular weight excluding hydrogens is 360 g/mol. The van der Waals surface area contributed by atoms with E-state index in [4.69, 9.17) is 35.3 Å². The fourth-order valence-electron chi connectivity index (χ4n) is 2.78. The molecule has 2 radical (unpaired) electrons. The van der Waals surface area contributed by atoms with Crippen LogP contribution in [0.5, 0.6) is 23.0 Å². The molecule has 1 aromatic rings. The lowest BCUT2D eigenvalue weighted by Crippen LogP contribution is -2.10. The zero-order valence-corrected chi connectivity index (χ0v) is 18.1. The van der Waals surface area contributed by atoms with Crippen molar-refractivity contribution in [1.29, 1.82) is 0 Å². The Kier molecular flexibility index (Phi) is 11.4. The summed E-state index contributed by atoms with van der Waals surface area (Å²) in [6.07, 6.45) is 4.09. The number of hydrogen-bond donors (Lipinski definition) is 0. The number of hydrogen-bond acceptors (Lipinski definition) is 6. The van der Waals surface area contributed by atoms with Crippen LogP contribution in [0.15, 0.2) is 11.6 Å². The van der Waals surface area contributed by atoms with Gasteiger partial charge in [-0.2, -0.15) is 0 Å². The van der Waals surface area contributed by atoms with Crippen molar-refractivity contribution in [2.24, 2.45) is 0 Å². The van der Waals surface area contributed by atoms with Gasteiger partial charge in [-0.25, -0.2) is 0 Å². The highest BCUT2D eigenvalue weighted by Gasteiger charge is 2.25. The topological polar surface area (TPSA) is 55.4 Å². The van der Waals surface area contributed by atoms with Gasteiger partial charge in [0.1, 0.15) is 0 Å². The van der Waals surface area contributed by atoms with Crippen molar-refractivity contribution in [3.63, 3.8) is 0 Å². The highest BCUT2D eigenvalue weighted by molar-refractivity contribution is 5.67. The number of ether oxygens (including phenoxy) is 6. The SMILES string of the molecule is [CH]/C(C)=C/Cc1c(C)c(OCCCOC)c(OC)c(OC)c1OCCCOC. The zero-order valence-electron chi connectivity index (χ0n) is 18.1. The maximum Gasteiger partial charge on any atom is 0.207 e. The summed E-state index contributed by atoms with van der Waals surface area (Å²) in [6.45, 7) is 12.0. The molecule has 1 rings (SSSR count). The van der Waals surface area contributed by atoms with Crippen LogP contribution in [0.4, 0.5) is 0 Å². The van der Waals surface area contributed by atoms with Crippen LogP contribution in [-0.2, 0) is 15.9 Å². The highest BCUT2D eigenvalue weighted by Crippen LogP contribution is 2.50. The van der Waals surface area contributed by atoms with E-state index in [2.05, 4.69) is 0 Å². The Hall–Kier alpha value is -1.92.